The summed E-state index contributed by atoms with van der Waals surface area (Å²) in [6.07, 6.45) is 0.710. The molecule has 2 aliphatic heterocycles. The van der Waals surface area contributed by atoms with Crippen molar-refractivity contribution in [3.63, 3.8) is 0 Å². The molecule has 1 fully saturated rings. The highest BCUT2D eigenvalue weighted by molar-refractivity contribution is 7.97. The molecular formula is C17H22N2O5S. The van der Waals surface area contributed by atoms with Gasteiger partial charge in [-0.25, -0.2) is 8.42 Å². The van der Waals surface area contributed by atoms with Gasteiger partial charge in [0.2, 0.25) is 9.84 Å². The minimum Gasteiger partial charge on any atom is -0.385 e. The number of hydrogen-bond donors (Lipinski definition) is 1. The second-order valence-electron chi connectivity index (χ2n) is 5.88. The molecule has 25 heavy (non-hydrogen) atoms. The van der Waals surface area contributed by atoms with E-state index in [0.717, 1.165) is 0 Å². The number of nitrogens with one attached hydrogen (secondary N) is 1. The Balaban J connectivity index is 1.97. The number of sulfone groups is 1. The van der Waals surface area contributed by atoms with Crippen molar-refractivity contribution in [3.05, 3.63) is 34.7 Å². The van der Waals surface area contributed by atoms with Crippen molar-refractivity contribution in [2.75, 3.05) is 46.6 Å². The van der Waals surface area contributed by atoms with Gasteiger partial charge in [0.05, 0.1) is 23.8 Å². The van der Waals surface area contributed by atoms with Gasteiger partial charge in [-0.05, 0) is 12.5 Å². The Morgan fingerprint density at radius 3 is 2.72 bits per heavy atom. The van der Waals surface area contributed by atoms with Crippen molar-refractivity contribution in [1.29, 1.82) is 0 Å². The van der Waals surface area contributed by atoms with Crippen LogP contribution in [-0.2, 0) is 24.1 Å². The van der Waals surface area contributed by atoms with Gasteiger partial charge >= 0.3 is 0 Å². The van der Waals surface area contributed by atoms with Gasteiger partial charge in [0.25, 0.3) is 5.91 Å². The van der Waals surface area contributed by atoms with Crippen LogP contribution in [0.3, 0.4) is 0 Å². The zero-order chi connectivity index (χ0) is 17.9. The van der Waals surface area contributed by atoms with Crippen LogP contribution < -0.4 is 5.32 Å². The molecule has 0 bridgehead atoms. The van der Waals surface area contributed by atoms with Gasteiger partial charge in [0.15, 0.2) is 4.91 Å². The third-order valence-corrected chi connectivity index (χ3v) is 6.11. The van der Waals surface area contributed by atoms with Crippen molar-refractivity contribution >= 4 is 21.4 Å². The van der Waals surface area contributed by atoms with Crippen molar-refractivity contribution in [3.8, 4) is 0 Å². The lowest BCUT2D eigenvalue weighted by Crippen LogP contribution is -2.42. The zero-order valence-electron chi connectivity index (χ0n) is 14.2. The first kappa shape index (κ1) is 17.9. The van der Waals surface area contributed by atoms with Gasteiger partial charge in [-0.15, -0.1) is 0 Å². The molecule has 1 aromatic rings. The molecule has 1 saturated heterocycles. The van der Waals surface area contributed by atoms with Crippen LogP contribution >= 0.6 is 0 Å². The van der Waals surface area contributed by atoms with Crippen LogP contribution in [0, 0.1) is 0 Å². The van der Waals surface area contributed by atoms with E-state index >= 15 is 0 Å². The van der Waals surface area contributed by atoms with Crippen molar-refractivity contribution < 1.29 is 22.7 Å². The number of ether oxygens (including phenoxy) is 2. The number of amides is 1. The lowest BCUT2D eigenvalue weighted by atomic mass is 10.1. The summed E-state index contributed by atoms with van der Waals surface area (Å²) in [5.74, 6) is -0.464. The quantitative estimate of drug-likeness (QED) is 0.744. The maximum absolute atomic E-state index is 13.0. The molecular weight excluding hydrogens is 344 g/mol. The Labute approximate surface area is 147 Å². The summed E-state index contributed by atoms with van der Waals surface area (Å²) in [4.78, 5) is 14.5. The molecule has 0 aliphatic carbocycles. The van der Waals surface area contributed by atoms with E-state index in [9.17, 15) is 13.2 Å². The molecule has 1 amide bonds. The molecule has 0 aromatic heterocycles. The van der Waals surface area contributed by atoms with E-state index in [-0.39, 0.29) is 9.80 Å². The molecule has 2 aliphatic rings. The third-order valence-electron chi connectivity index (χ3n) is 4.26. The van der Waals surface area contributed by atoms with Crippen LogP contribution in [0.2, 0.25) is 0 Å². The van der Waals surface area contributed by atoms with E-state index in [1.165, 1.54) is 0 Å². The van der Waals surface area contributed by atoms with Crippen LogP contribution in [0.5, 0.6) is 0 Å². The number of nitrogens with zero attached hydrogens (tertiary/aromatic N) is 1. The summed E-state index contributed by atoms with van der Waals surface area (Å²) in [7, 11) is -2.22. The van der Waals surface area contributed by atoms with E-state index in [4.69, 9.17) is 9.47 Å². The van der Waals surface area contributed by atoms with Crippen LogP contribution in [0.4, 0.5) is 0 Å². The van der Waals surface area contributed by atoms with Gasteiger partial charge in [-0.1, -0.05) is 18.2 Å². The van der Waals surface area contributed by atoms with Crippen LogP contribution in [0.25, 0.3) is 5.70 Å². The van der Waals surface area contributed by atoms with E-state index in [0.29, 0.717) is 57.1 Å². The molecule has 1 N–H and O–H groups in total. The lowest BCUT2D eigenvalue weighted by Gasteiger charge is -2.27. The smallest absolute Gasteiger partial charge is 0.268 e. The predicted molar refractivity (Wildman–Crippen MR) is 92.4 cm³/mol. The van der Waals surface area contributed by atoms with E-state index < -0.39 is 15.7 Å². The number of methoxy groups -OCH3 is 1. The van der Waals surface area contributed by atoms with Crippen LogP contribution in [-0.4, -0.2) is 65.8 Å². The number of fused-ring (bicyclic) bond motifs is 1. The number of carbonyl (C=O) groups is 1. The van der Waals surface area contributed by atoms with Gasteiger partial charge in [0.1, 0.15) is 0 Å². The fourth-order valence-electron chi connectivity index (χ4n) is 3.01. The number of carbonyl (C=O) groups excluding carboxylic acids is 1. The molecule has 3 rings (SSSR count). The number of rotatable bonds is 6. The van der Waals surface area contributed by atoms with E-state index in [1.807, 2.05) is 0 Å². The summed E-state index contributed by atoms with van der Waals surface area (Å²) in [6.45, 7) is 2.70. The fourth-order valence-corrected chi connectivity index (χ4v) is 4.76. The number of hydrogen-bond acceptors (Lipinski definition) is 6. The summed E-state index contributed by atoms with van der Waals surface area (Å²) in [5.41, 5.74) is 0.944. The largest absolute Gasteiger partial charge is 0.385 e. The minimum atomic E-state index is -3.83. The molecule has 2 heterocycles. The molecule has 0 spiro atoms. The molecule has 0 radical (unpaired) electrons. The van der Waals surface area contributed by atoms with Crippen LogP contribution in [0.1, 0.15) is 12.0 Å². The topological polar surface area (TPSA) is 84.9 Å². The molecule has 0 unspecified atom stereocenters. The maximum Gasteiger partial charge on any atom is 0.268 e. The fraction of sp³-hybridized carbons (Fsp3) is 0.471. The lowest BCUT2D eigenvalue weighted by molar-refractivity contribution is -0.130. The Bertz CT molecular complexity index is 782. The Morgan fingerprint density at radius 1 is 1.28 bits per heavy atom. The summed E-state index contributed by atoms with van der Waals surface area (Å²) >= 11 is 0. The van der Waals surface area contributed by atoms with Crippen LogP contribution in [0.15, 0.2) is 34.1 Å². The van der Waals surface area contributed by atoms with Gasteiger partial charge in [-0.2, -0.15) is 0 Å². The first-order valence-electron chi connectivity index (χ1n) is 8.26. The third kappa shape index (κ3) is 3.42. The molecule has 7 nitrogen and oxygen atoms in total. The Morgan fingerprint density at radius 2 is 2.00 bits per heavy atom. The SMILES string of the molecule is COCCCNC1=C(C(=O)N2CCOCC2)S(=O)(=O)c2ccccc21. The molecule has 0 saturated carbocycles. The molecule has 1 aromatic carbocycles. The predicted octanol–water partition coefficient (Wildman–Crippen LogP) is 0.627. The average Bonchev–Trinajstić information content (AvgIpc) is 2.86. The maximum atomic E-state index is 13.0. The van der Waals surface area contributed by atoms with Gasteiger partial charge < -0.3 is 19.7 Å². The zero-order valence-corrected chi connectivity index (χ0v) is 15.0. The molecule has 8 heteroatoms. The Hall–Kier alpha value is -1.90. The monoisotopic (exact) mass is 366 g/mol. The van der Waals surface area contributed by atoms with E-state index in [1.54, 1.807) is 36.3 Å². The highest BCUT2D eigenvalue weighted by atomic mass is 32.2. The second kappa shape index (κ2) is 7.55. The number of benzene rings is 1. The highest BCUT2D eigenvalue weighted by Gasteiger charge is 2.41. The first-order chi connectivity index (χ1) is 12.1. The van der Waals surface area contributed by atoms with Crippen molar-refractivity contribution in [2.45, 2.75) is 11.3 Å². The van der Waals surface area contributed by atoms with Gasteiger partial charge in [0, 0.05) is 38.9 Å². The summed E-state index contributed by atoms with van der Waals surface area (Å²) < 4.78 is 36.2. The van der Waals surface area contributed by atoms with E-state index in [2.05, 4.69) is 5.32 Å². The summed E-state index contributed by atoms with van der Waals surface area (Å²) in [5, 5.41) is 3.14. The summed E-state index contributed by atoms with van der Waals surface area (Å²) in [6, 6.07) is 6.71. The first-order valence-corrected chi connectivity index (χ1v) is 9.74. The normalized spacial score (nSPS) is 19.0. The van der Waals surface area contributed by atoms with Crippen molar-refractivity contribution in [2.24, 2.45) is 0 Å². The second-order valence-corrected chi connectivity index (χ2v) is 7.74. The standard InChI is InChI=1S/C17H22N2O5S/c1-23-10-4-7-18-15-13-5-2-3-6-14(13)25(21,22)16(15)17(20)19-8-11-24-12-9-19/h2-3,5-6,18H,4,7-12H2,1H3. The Kier molecular flexibility index (Phi) is 5.41. The van der Waals surface area contributed by atoms with Gasteiger partial charge in [-0.3, -0.25) is 4.79 Å². The average molecular weight is 366 g/mol. The molecule has 136 valence electrons. The van der Waals surface area contributed by atoms with Crippen molar-refractivity contribution in [1.82, 2.24) is 10.2 Å². The number of morpholine rings is 1. The highest BCUT2D eigenvalue weighted by Crippen LogP contribution is 2.38. The minimum absolute atomic E-state index is 0.159. The molecule has 0 atom stereocenters.